The molecule has 4 nitrogen and oxygen atoms in total. The molecule has 2 unspecified atom stereocenters. The molecule has 2 rings (SSSR count). The van der Waals surface area contributed by atoms with Crippen molar-refractivity contribution < 1.29 is 4.74 Å². The third-order valence-electron chi connectivity index (χ3n) is 3.47. The molecule has 4 heteroatoms. The smallest absolute Gasteiger partial charge is 0.110 e. The predicted molar refractivity (Wildman–Crippen MR) is 67.7 cm³/mol. The molecule has 0 aromatic carbocycles. The average Bonchev–Trinajstić information content (AvgIpc) is 3.04. The molecule has 1 aliphatic rings. The molecular weight excluding hydrogens is 214 g/mol. The zero-order chi connectivity index (χ0) is 12.3. The first-order valence-corrected chi connectivity index (χ1v) is 6.54. The molecule has 1 aliphatic carbocycles. The van der Waals surface area contributed by atoms with Crippen molar-refractivity contribution in [3.63, 3.8) is 0 Å². The van der Waals surface area contributed by atoms with Crippen molar-refractivity contribution >= 4 is 0 Å². The van der Waals surface area contributed by atoms with Crippen molar-refractivity contribution in [1.29, 1.82) is 0 Å². The van der Waals surface area contributed by atoms with E-state index in [-0.39, 0.29) is 12.1 Å². The highest BCUT2D eigenvalue weighted by Gasteiger charge is 2.35. The van der Waals surface area contributed by atoms with Gasteiger partial charge in [-0.05, 0) is 25.2 Å². The Balaban J connectivity index is 1.96. The number of nitrogens with zero attached hydrogens (tertiary/aromatic N) is 2. The highest BCUT2D eigenvalue weighted by atomic mass is 16.5. The van der Waals surface area contributed by atoms with Crippen molar-refractivity contribution in [2.75, 3.05) is 7.11 Å². The van der Waals surface area contributed by atoms with Gasteiger partial charge in [0.2, 0.25) is 0 Å². The molecule has 17 heavy (non-hydrogen) atoms. The Kier molecular flexibility index (Phi) is 4.18. The van der Waals surface area contributed by atoms with Crippen LogP contribution in [0.15, 0.2) is 12.4 Å². The summed E-state index contributed by atoms with van der Waals surface area (Å²) in [6.07, 6.45) is 8.53. The van der Waals surface area contributed by atoms with Crippen LogP contribution in [-0.2, 0) is 17.7 Å². The first-order chi connectivity index (χ1) is 8.26. The van der Waals surface area contributed by atoms with Gasteiger partial charge in [-0.3, -0.25) is 0 Å². The van der Waals surface area contributed by atoms with Gasteiger partial charge in [-0.2, -0.15) is 0 Å². The van der Waals surface area contributed by atoms with Gasteiger partial charge in [-0.25, -0.2) is 4.98 Å². The monoisotopic (exact) mass is 237 g/mol. The fraction of sp³-hybridized carbons (Fsp3) is 0.769. The van der Waals surface area contributed by atoms with Gasteiger partial charge < -0.3 is 15.0 Å². The SMILES string of the molecule is CCCn1ccnc1CC(N)C(OC)C1CC1. The van der Waals surface area contributed by atoms with Gasteiger partial charge in [-0.15, -0.1) is 0 Å². The minimum Gasteiger partial charge on any atom is -0.380 e. The zero-order valence-electron chi connectivity index (χ0n) is 10.8. The molecule has 1 fully saturated rings. The lowest BCUT2D eigenvalue weighted by molar-refractivity contribution is 0.0619. The number of ether oxygens (including phenoxy) is 1. The molecule has 0 bridgehead atoms. The highest BCUT2D eigenvalue weighted by Crippen LogP contribution is 2.35. The molecule has 0 saturated heterocycles. The second-order valence-corrected chi connectivity index (χ2v) is 4.94. The molecule has 0 spiro atoms. The van der Waals surface area contributed by atoms with Crippen LogP contribution >= 0.6 is 0 Å². The number of aryl methyl sites for hydroxylation is 1. The molecule has 1 heterocycles. The lowest BCUT2D eigenvalue weighted by Crippen LogP contribution is -2.40. The molecule has 0 amide bonds. The van der Waals surface area contributed by atoms with Gasteiger partial charge in [0, 0.05) is 38.5 Å². The first-order valence-electron chi connectivity index (χ1n) is 6.54. The standard InChI is InChI=1S/C13H23N3O/c1-3-7-16-8-6-15-12(16)9-11(14)13(17-2)10-4-5-10/h6,8,10-11,13H,3-5,7,9,14H2,1-2H3. The molecular formula is C13H23N3O. The maximum absolute atomic E-state index is 6.25. The lowest BCUT2D eigenvalue weighted by atomic mass is 10.0. The van der Waals surface area contributed by atoms with E-state index in [2.05, 4.69) is 16.5 Å². The van der Waals surface area contributed by atoms with E-state index in [9.17, 15) is 0 Å². The van der Waals surface area contributed by atoms with Crippen LogP contribution in [0.5, 0.6) is 0 Å². The summed E-state index contributed by atoms with van der Waals surface area (Å²) < 4.78 is 7.72. The Bertz CT molecular complexity index is 346. The quantitative estimate of drug-likeness (QED) is 0.783. The van der Waals surface area contributed by atoms with E-state index in [4.69, 9.17) is 10.5 Å². The molecule has 0 radical (unpaired) electrons. The van der Waals surface area contributed by atoms with Gasteiger partial charge in [0.15, 0.2) is 0 Å². The van der Waals surface area contributed by atoms with Crippen molar-refractivity contribution in [2.45, 2.75) is 51.3 Å². The number of imidazole rings is 1. The summed E-state index contributed by atoms with van der Waals surface area (Å²) in [5.74, 6) is 1.76. The maximum atomic E-state index is 6.25. The van der Waals surface area contributed by atoms with E-state index in [1.807, 2.05) is 12.4 Å². The minimum absolute atomic E-state index is 0.0607. The van der Waals surface area contributed by atoms with Gasteiger partial charge in [0.25, 0.3) is 0 Å². The fourth-order valence-electron chi connectivity index (χ4n) is 2.44. The summed E-state index contributed by atoms with van der Waals surface area (Å²) in [4.78, 5) is 4.40. The summed E-state index contributed by atoms with van der Waals surface area (Å²) in [6, 6.07) is 0.0607. The lowest BCUT2D eigenvalue weighted by Gasteiger charge is -2.22. The van der Waals surface area contributed by atoms with E-state index in [1.54, 1.807) is 7.11 Å². The van der Waals surface area contributed by atoms with Crippen molar-refractivity contribution in [3.8, 4) is 0 Å². The molecule has 2 N–H and O–H groups in total. The molecule has 1 saturated carbocycles. The Hall–Kier alpha value is -0.870. The first kappa shape index (κ1) is 12.6. The van der Waals surface area contributed by atoms with Gasteiger partial charge in [-0.1, -0.05) is 6.92 Å². The van der Waals surface area contributed by atoms with E-state index < -0.39 is 0 Å². The van der Waals surface area contributed by atoms with Crippen molar-refractivity contribution in [3.05, 3.63) is 18.2 Å². The van der Waals surface area contributed by atoms with Crippen molar-refractivity contribution in [1.82, 2.24) is 9.55 Å². The molecule has 0 aliphatic heterocycles. The van der Waals surface area contributed by atoms with Crippen LogP contribution in [0.2, 0.25) is 0 Å². The van der Waals surface area contributed by atoms with Crippen LogP contribution < -0.4 is 5.73 Å². The van der Waals surface area contributed by atoms with Crippen LogP contribution in [0, 0.1) is 5.92 Å². The second-order valence-electron chi connectivity index (χ2n) is 4.94. The van der Waals surface area contributed by atoms with Gasteiger partial charge >= 0.3 is 0 Å². The van der Waals surface area contributed by atoms with E-state index in [1.165, 1.54) is 12.8 Å². The maximum Gasteiger partial charge on any atom is 0.110 e. The molecule has 96 valence electrons. The third kappa shape index (κ3) is 3.07. The molecule has 2 atom stereocenters. The van der Waals surface area contributed by atoms with Crippen LogP contribution in [-0.4, -0.2) is 28.8 Å². The molecule has 1 aromatic rings. The number of hydrogen-bond acceptors (Lipinski definition) is 3. The summed E-state index contributed by atoms with van der Waals surface area (Å²) in [6.45, 7) is 3.19. The average molecular weight is 237 g/mol. The Labute approximate surface area is 103 Å². The fourth-order valence-corrected chi connectivity index (χ4v) is 2.44. The van der Waals surface area contributed by atoms with Gasteiger partial charge in [0.05, 0.1) is 6.10 Å². The number of rotatable bonds is 7. The van der Waals surface area contributed by atoms with Crippen LogP contribution in [0.3, 0.4) is 0 Å². The highest BCUT2D eigenvalue weighted by molar-refractivity contribution is 4.99. The normalized spacial score (nSPS) is 19.2. The number of methoxy groups -OCH3 is 1. The largest absolute Gasteiger partial charge is 0.380 e. The number of hydrogen-bond donors (Lipinski definition) is 1. The zero-order valence-corrected chi connectivity index (χ0v) is 10.8. The van der Waals surface area contributed by atoms with Crippen LogP contribution in [0.4, 0.5) is 0 Å². The number of nitrogens with two attached hydrogens (primary N) is 1. The Morgan fingerprint density at radius 1 is 1.59 bits per heavy atom. The second kappa shape index (κ2) is 5.65. The minimum atomic E-state index is 0.0607. The van der Waals surface area contributed by atoms with Gasteiger partial charge in [0.1, 0.15) is 5.82 Å². The Morgan fingerprint density at radius 3 is 2.94 bits per heavy atom. The third-order valence-corrected chi connectivity index (χ3v) is 3.47. The van der Waals surface area contributed by atoms with E-state index >= 15 is 0 Å². The van der Waals surface area contributed by atoms with Crippen LogP contribution in [0.25, 0.3) is 0 Å². The summed E-state index contributed by atoms with van der Waals surface area (Å²) in [5, 5.41) is 0. The van der Waals surface area contributed by atoms with Crippen molar-refractivity contribution in [2.24, 2.45) is 11.7 Å². The predicted octanol–water partition coefficient (Wildman–Crippen LogP) is 1.59. The van der Waals surface area contributed by atoms with Crippen LogP contribution in [0.1, 0.15) is 32.0 Å². The van der Waals surface area contributed by atoms with E-state index in [0.29, 0.717) is 5.92 Å². The topological polar surface area (TPSA) is 53.1 Å². The summed E-state index contributed by atoms with van der Waals surface area (Å²) >= 11 is 0. The summed E-state index contributed by atoms with van der Waals surface area (Å²) in [7, 11) is 1.77. The summed E-state index contributed by atoms with van der Waals surface area (Å²) in [5.41, 5.74) is 6.25. The molecule has 1 aromatic heterocycles. The Morgan fingerprint density at radius 2 is 2.35 bits per heavy atom. The number of aromatic nitrogens is 2. The van der Waals surface area contributed by atoms with E-state index in [0.717, 1.165) is 25.2 Å².